The number of ether oxygens (including phenoxy) is 1. The van der Waals surface area contributed by atoms with E-state index in [4.69, 9.17) is 4.74 Å². The monoisotopic (exact) mass is 255 g/mol. The van der Waals surface area contributed by atoms with Gasteiger partial charge in [-0.05, 0) is 36.6 Å². The first-order valence-corrected chi connectivity index (χ1v) is 7.48. The van der Waals surface area contributed by atoms with Gasteiger partial charge in [0.05, 0.1) is 6.61 Å². The number of hydrogen-bond donors (Lipinski definition) is 1. The van der Waals surface area contributed by atoms with Crippen molar-refractivity contribution < 1.29 is 4.74 Å². The lowest BCUT2D eigenvalue weighted by Crippen LogP contribution is -2.22. The molecule has 0 aliphatic carbocycles. The van der Waals surface area contributed by atoms with Gasteiger partial charge in [0.25, 0.3) is 0 Å². The molecule has 0 saturated carbocycles. The summed E-state index contributed by atoms with van der Waals surface area (Å²) in [5.74, 6) is 0.794. The molecule has 0 unspecified atom stereocenters. The van der Waals surface area contributed by atoms with Crippen molar-refractivity contribution in [2.24, 2.45) is 5.92 Å². The molecule has 3 heteroatoms. The van der Waals surface area contributed by atoms with Gasteiger partial charge in [0.1, 0.15) is 0 Å². The quantitative estimate of drug-likeness (QED) is 0.648. The molecule has 98 valence electrons. The minimum absolute atomic E-state index is 0.794. The van der Waals surface area contributed by atoms with Crippen molar-refractivity contribution in [3.8, 4) is 0 Å². The summed E-state index contributed by atoms with van der Waals surface area (Å²) in [6, 6.07) is 4.30. The van der Waals surface area contributed by atoms with Crippen LogP contribution in [0.15, 0.2) is 17.5 Å². The second kappa shape index (κ2) is 9.63. The maximum absolute atomic E-state index is 5.56. The zero-order valence-electron chi connectivity index (χ0n) is 11.1. The summed E-state index contributed by atoms with van der Waals surface area (Å²) in [6.07, 6.45) is 3.59. The maximum atomic E-state index is 5.56. The largest absolute Gasteiger partial charge is 0.380 e. The van der Waals surface area contributed by atoms with Gasteiger partial charge in [0, 0.05) is 24.6 Å². The molecular formula is C14H25NOS. The van der Waals surface area contributed by atoms with Crippen molar-refractivity contribution >= 4 is 11.3 Å². The molecule has 0 saturated heterocycles. The normalized spacial score (nSPS) is 11.2. The van der Waals surface area contributed by atoms with E-state index in [-0.39, 0.29) is 0 Å². The van der Waals surface area contributed by atoms with Crippen molar-refractivity contribution in [3.05, 3.63) is 22.4 Å². The fourth-order valence-electron chi connectivity index (χ4n) is 1.63. The van der Waals surface area contributed by atoms with Crippen LogP contribution in [0.3, 0.4) is 0 Å². The summed E-state index contributed by atoms with van der Waals surface area (Å²) in [6.45, 7) is 8.27. The van der Waals surface area contributed by atoms with E-state index in [0.29, 0.717) is 0 Å². The van der Waals surface area contributed by atoms with Gasteiger partial charge in [-0.25, -0.2) is 0 Å². The van der Waals surface area contributed by atoms with Gasteiger partial charge in [-0.3, -0.25) is 0 Å². The van der Waals surface area contributed by atoms with E-state index in [1.165, 1.54) is 17.7 Å². The molecule has 17 heavy (non-hydrogen) atoms. The van der Waals surface area contributed by atoms with Crippen molar-refractivity contribution in [1.29, 1.82) is 0 Å². The van der Waals surface area contributed by atoms with Crippen LogP contribution in [-0.4, -0.2) is 26.3 Å². The topological polar surface area (TPSA) is 21.3 Å². The molecule has 0 bridgehead atoms. The lowest BCUT2D eigenvalue weighted by molar-refractivity contribution is 0.130. The maximum Gasteiger partial charge on any atom is 0.0590 e. The summed E-state index contributed by atoms with van der Waals surface area (Å²) in [5.41, 5.74) is 0. The molecule has 0 aliphatic heterocycles. The fourth-order valence-corrected chi connectivity index (χ4v) is 2.34. The predicted octanol–water partition coefficient (Wildman–Crippen LogP) is 3.33. The number of thiophene rings is 1. The molecule has 0 amide bonds. The Labute approximate surface area is 109 Å². The van der Waals surface area contributed by atoms with Crippen LogP contribution in [0.1, 0.15) is 31.6 Å². The molecule has 1 heterocycles. The van der Waals surface area contributed by atoms with E-state index in [0.717, 1.165) is 38.6 Å². The minimum Gasteiger partial charge on any atom is -0.380 e. The average molecular weight is 255 g/mol. The summed E-state index contributed by atoms with van der Waals surface area (Å²) in [4.78, 5) is 1.45. The van der Waals surface area contributed by atoms with Crippen LogP contribution < -0.4 is 5.32 Å². The van der Waals surface area contributed by atoms with E-state index in [9.17, 15) is 0 Å². The standard InChI is InChI=1S/C14H25NOS/c1-13(2)5-3-10-16-11-9-15-8-7-14-6-4-12-17-14/h4,6,12-13,15H,3,5,7-11H2,1-2H3. The Morgan fingerprint density at radius 2 is 2.18 bits per heavy atom. The molecule has 0 aromatic carbocycles. The van der Waals surface area contributed by atoms with Crippen LogP contribution in [0.25, 0.3) is 0 Å². The summed E-state index contributed by atoms with van der Waals surface area (Å²) in [7, 11) is 0. The van der Waals surface area contributed by atoms with Crippen LogP contribution in [0.4, 0.5) is 0 Å². The molecule has 1 aromatic rings. The Balaban J connectivity index is 1.79. The van der Waals surface area contributed by atoms with Crippen molar-refractivity contribution in [2.45, 2.75) is 33.1 Å². The van der Waals surface area contributed by atoms with Crippen LogP contribution in [0.5, 0.6) is 0 Å². The molecule has 0 fully saturated rings. The third kappa shape index (κ3) is 8.36. The van der Waals surface area contributed by atoms with Crippen molar-refractivity contribution in [1.82, 2.24) is 5.32 Å². The Hall–Kier alpha value is -0.380. The van der Waals surface area contributed by atoms with Gasteiger partial charge in [-0.15, -0.1) is 11.3 Å². The molecule has 0 atom stereocenters. The van der Waals surface area contributed by atoms with Crippen LogP contribution in [0.2, 0.25) is 0 Å². The molecule has 0 spiro atoms. The van der Waals surface area contributed by atoms with E-state index in [1.54, 1.807) is 0 Å². The molecule has 2 nitrogen and oxygen atoms in total. The third-order valence-corrected chi connectivity index (χ3v) is 3.56. The summed E-state index contributed by atoms with van der Waals surface area (Å²) < 4.78 is 5.56. The summed E-state index contributed by atoms with van der Waals surface area (Å²) in [5, 5.41) is 5.54. The van der Waals surface area contributed by atoms with Gasteiger partial charge in [0.15, 0.2) is 0 Å². The van der Waals surface area contributed by atoms with Gasteiger partial charge < -0.3 is 10.1 Å². The molecule has 0 radical (unpaired) electrons. The molecule has 0 aliphatic rings. The lowest BCUT2D eigenvalue weighted by atomic mass is 10.1. The third-order valence-electron chi connectivity index (χ3n) is 2.62. The number of rotatable bonds is 10. The first kappa shape index (κ1) is 14.7. The van der Waals surface area contributed by atoms with E-state index in [1.807, 2.05) is 11.3 Å². The molecular weight excluding hydrogens is 230 g/mol. The van der Waals surface area contributed by atoms with Crippen LogP contribution in [0, 0.1) is 5.92 Å². The Morgan fingerprint density at radius 3 is 2.88 bits per heavy atom. The fraction of sp³-hybridized carbons (Fsp3) is 0.714. The van der Waals surface area contributed by atoms with Gasteiger partial charge >= 0.3 is 0 Å². The highest BCUT2D eigenvalue weighted by Crippen LogP contribution is 2.07. The van der Waals surface area contributed by atoms with Crippen LogP contribution in [-0.2, 0) is 11.2 Å². The first-order valence-electron chi connectivity index (χ1n) is 6.60. The SMILES string of the molecule is CC(C)CCCOCCNCCc1cccs1. The average Bonchev–Trinajstić information content (AvgIpc) is 2.79. The highest BCUT2D eigenvalue weighted by Gasteiger charge is 1.95. The number of hydrogen-bond acceptors (Lipinski definition) is 3. The predicted molar refractivity (Wildman–Crippen MR) is 75.8 cm³/mol. The number of nitrogens with one attached hydrogen (secondary N) is 1. The van der Waals surface area contributed by atoms with E-state index >= 15 is 0 Å². The van der Waals surface area contributed by atoms with E-state index in [2.05, 4.69) is 36.7 Å². The molecule has 1 aromatic heterocycles. The van der Waals surface area contributed by atoms with E-state index < -0.39 is 0 Å². The zero-order valence-corrected chi connectivity index (χ0v) is 11.9. The Kier molecular flexibility index (Phi) is 8.32. The second-order valence-corrected chi connectivity index (χ2v) is 5.76. The van der Waals surface area contributed by atoms with Crippen molar-refractivity contribution in [2.75, 3.05) is 26.3 Å². The van der Waals surface area contributed by atoms with Gasteiger partial charge in [-0.2, -0.15) is 0 Å². The molecule has 1 N–H and O–H groups in total. The lowest BCUT2D eigenvalue weighted by Gasteiger charge is -2.07. The van der Waals surface area contributed by atoms with Crippen LogP contribution >= 0.6 is 11.3 Å². The second-order valence-electron chi connectivity index (χ2n) is 4.73. The Morgan fingerprint density at radius 1 is 1.29 bits per heavy atom. The molecule has 1 rings (SSSR count). The minimum atomic E-state index is 0.794. The van der Waals surface area contributed by atoms with Gasteiger partial charge in [-0.1, -0.05) is 19.9 Å². The summed E-state index contributed by atoms with van der Waals surface area (Å²) >= 11 is 1.83. The van der Waals surface area contributed by atoms with Crippen molar-refractivity contribution in [3.63, 3.8) is 0 Å². The highest BCUT2D eigenvalue weighted by atomic mass is 32.1. The smallest absolute Gasteiger partial charge is 0.0590 e. The Bertz CT molecular complexity index is 259. The zero-order chi connectivity index (χ0) is 12.3. The highest BCUT2D eigenvalue weighted by molar-refractivity contribution is 7.09. The first-order chi connectivity index (χ1) is 8.29. The van der Waals surface area contributed by atoms with Gasteiger partial charge in [0.2, 0.25) is 0 Å².